The number of carbonyl (C=O) groups excluding carboxylic acids is 1. The quantitative estimate of drug-likeness (QED) is 0.326. The van der Waals surface area contributed by atoms with Crippen molar-refractivity contribution in [3.8, 4) is 6.07 Å². The second kappa shape index (κ2) is 8.59. The zero-order chi connectivity index (χ0) is 29.2. The monoisotopic (exact) mass is 553 g/mol. The standard InChI is InChI=1S/C38H51NO2/c1-33(2)16-18-38-19-17-36(6)27(30(38)32(33)41-23-38)12-13-29-35(5)21-26(20-24-8-10-25(22-39)11-9-24)31(40)34(3,4)28(35)14-15-37(29,36)7/h8-11,20,27-30,32H,12-19,21,23H2,1-7H3/b26-20+/t27?,28?,29?,30?,32-,35-,36+,37+,38+/m0/s1. The van der Waals surface area contributed by atoms with Crippen LogP contribution in [-0.2, 0) is 9.53 Å². The Labute approximate surface area is 248 Å². The molecule has 1 aromatic rings. The number of hydrogen-bond donors (Lipinski definition) is 0. The van der Waals surface area contributed by atoms with Crippen LogP contribution < -0.4 is 0 Å². The number of ether oxygens (including phenoxy) is 1. The van der Waals surface area contributed by atoms with Gasteiger partial charge >= 0.3 is 0 Å². The normalized spacial score (nSPS) is 48.4. The minimum Gasteiger partial charge on any atom is -0.377 e. The van der Waals surface area contributed by atoms with Gasteiger partial charge in [0.2, 0.25) is 0 Å². The van der Waals surface area contributed by atoms with Gasteiger partial charge in [0.25, 0.3) is 0 Å². The largest absolute Gasteiger partial charge is 0.377 e. The Morgan fingerprint density at radius 1 is 0.854 bits per heavy atom. The summed E-state index contributed by atoms with van der Waals surface area (Å²) >= 11 is 0. The van der Waals surface area contributed by atoms with Gasteiger partial charge in [0.15, 0.2) is 5.78 Å². The predicted octanol–water partition coefficient (Wildman–Crippen LogP) is 9.01. The van der Waals surface area contributed by atoms with Crippen molar-refractivity contribution in [2.24, 2.45) is 56.2 Å². The van der Waals surface area contributed by atoms with Crippen LogP contribution in [0.1, 0.15) is 117 Å². The fourth-order valence-electron chi connectivity index (χ4n) is 12.8. The van der Waals surface area contributed by atoms with Crippen LogP contribution in [0.15, 0.2) is 29.8 Å². The topological polar surface area (TPSA) is 50.1 Å². The van der Waals surface area contributed by atoms with Crippen molar-refractivity contribution >= 4 is 11.9 Å². The van der Waals surface area contributed by atoms with E-state index in [-0.39, 0.29) is 21.7 Å². The third kappa shape index (κ3) is 3.50. The summed E-state index contributed by atoms with van der Waals surface area (Å²) in [5.74, 6) is 2.84. The number of nitriles is 1. The van der Waals surface area contributed by atoms with Crippen LogP contribution in [0.5, 0.6) is 0 Å². The van der Waals surface area contributed by atoms with E-state index in [1.807, 2.05) is 24.3 Å². The zero-order valence-electron chi connectivity index (χ0n) is 26.6. The van der Waals surface area contributed by atoms with E-state index < -0.39 is 0 Å². The van der Waals surface area contributed by atoms with Gasteiger partial charge in [0.05, 0.1) is 24.3 Å². The van der Waals surface area contributed by atoms with Gasteiger partial charge in [0.1, 0.15) is 0 Å². The van der Waals surface area contributed by atoms with Crippen molar-refractivity contribution < 1.29 is 9.53 Å². The molecule has 0 aromatic heterocycles. The van der Waals surface area contributed by atoms with Gasteiger partial charge in [-0.3, -0.25) is 4.79 Å². The van der Waals surface area contributed by atoms with E-state index in [1.165, 1.54) is 44.9 Å². The van der Waals surface area contributed by atoms with Gasteiger partial charge in [-0.15, -0.1) is 0 Å². The maximum absolute atomic E-state index is 14.1. The van der Waals surface area contributed by atoms with E-state index in [4.69, 9.17) is 4.74 Å². The number of Topliss-reactive ketones (excluding diaryl/α,β-unsaturated/α-hetero) is 1. The first-order chi connectivity index (χ1) is 19.2. The summed E-state index contributed by atoms with van der Waals surface area (Å²) in [6.07, 6.45) is 13.8. The molecule has 1 heterocycles. The van der Waals surface area contributed by atoms with Gasteiger partial charge in [-0.05, 0) is 138 Å². The zero-order valence-corrected chi connectivity index (χ0v) is 26.6. The summed E-state index contributed by atoms with van der Waals surface area (Å²) in [6, 6.07) is 9.95. The Bertz CT molecular complexity index is 1350. The van der Waals surface area contributed by atoms with E-state index in [0.717, 1.165) is 36.5 Å². The molecule has 7 rings (SSSR count). The number of fused-ring (bicyclic) bond motifs is 5. The minimum absolute atomic E-state index is 0.104. The summed E-state index contributed by atoms with van der Waals surface area (Å²) in [5, 5.41) is 9.26. The van der Waals surface area contributed by atoms with Gasteiger partial charge < -0.3 is 4.74 Å². The number of allylic oxidation sites excluding steroid dienone is 1. The maximum Gasteiger partial charge on any atom is 0.164 e. The molecule has 0 amide bonds. The molecular weight excluding hydrogens is 502 g/mol. The lowest BCUT2D eigenvalue weighted by atomic mass is 9.31. The Morgan fingerprint density at radius 3 is 2.27 bits per heavy atom. The predicted molar refractivity (Wildman–Crippen MR) is 164 cm³/mol. The van der Waals surface area contributed by atoms with Crippen molar-refractivity contribution in [2.45, 2.75) is 112 Å². The summed E-state index contributed by atoms with van der Waals surface area (Å²) < 4.78 is 6.76. The SMILES string of the molecule is CC1(C)C(=O)/C(=C/c2ccc(C#N)cc2)C[C@@]2(C)C1CC[C@]1(C)C2CCC2C3[C@@H]4OC[C@@]3(CCC4(C)C)CC[C@]21C. The molecule has 220 valence electrons. The second-order valence-corrected chi connectivity index (χ2v) is 17.4. The first kappa shape index (κ1) is 27.9. The highest BCUT2D eigenvalue weighted by atomic mass is 16.5. The average molecular weight is 554 g/mol. The molecule has 4 unspecified atom stereocenters. The first-order valence-corrected chi connectivity index (χ1v) is 16.6. The van der Waals surface area contributed by atoms with Crippen molar-refractivity contribution in [2.75, 3.05) is 6.61 Å². The van der Waals surface area contributed by atoms with E-state index in [2.05, 4.69) is 60.6 Å². The Kier molecular flexibility index (Phi) is 5.84. The van der Waals surface area contributed by atoms with Crippen LogP contribution in [0, 0.1) is 67.5 Å². The molecule has 0 spiro atoms. The molecule has 6 fully saturated rings. The molecule has 5 saturated carbocycles. The smallest absolute Gasteiger partial charge is 0.164 e. The van der Waals surface area contributed by atoms with Crippen LogP contribution in [0.4, 0.5) is 0 Å². The summed E-state index contributed by atoms with van der Waals surface area (Å²) in [7, 11) is 0. The second-order valence-electron chi connectivity index (χ2n) is 17.4. The third-order valence-electron chi connectivity index (χ3n) is 15.1. The van der Waals surface area contributed by atoms with E-state index >= 15 is 0 Å². The van der Waals surface area contributed by atoms with Gasteiger partial charge in [0, 0.05) is 5.41 Å². The van der Waals surface area contributed by atoms with Gasteiger partial charge in [-0.2, -0.15) is 5.26 Å². The minimum atomic E-state index is -0.360. The summed E-state index contributed by atoms with van der Waals surface area (Å²) in [4.78, 5) is 14.1. The van der Waals surface area contributed by atoms with Crippen molar-refractivity contribution in [3.63, 3.8) is 0 Å². The Morgan fingerprint density at radius 2 is 1.56 bits per heavy atom. The Balaban J connectivity index is 1.27. The highest BCUT2D eigenvalue weighted by molar-refractivity contribution is 6.04. The number of nitrogens with zero attached hydrogens (tertiary/aromatic N) is 1. The van der Waals surface area contributed by atoms with Crippen LogP contribution in [0.2, 0.25) is 0 Å². The molecule has 1 aromatic carbocycles. The fraction of sp³-hybridized carbons (Fsp3) is 0.737. The first-order valence-electron chi connectivity index (χ1n) is 16.6. The number of benzene rings is 1. The van der Waals surface area contributed by atoms with E-state index in [1.54, 1.807) is 0 Å². The van der Waals surface area contributed by atoms with Crippen LogP contribution in [-0.4, -0.2) is 18.5 Å². The lowest BCUT2D eigenvalue weighted by Crippen LogP contribution is -2.67. The fourth-order valence-corrected chi connectivity index (χ4v) is 12.8. The molecule has 3 heteroatoms. The average Bonchev–Trinajstić information content (AvgIpc) is 3.26. The number of ketones is 1. The molecule has 1 saturated heterocycles. The summed E-state index contributed by atoms with van der Waals surface area (Å²) in [5.41, 5.74) is 3.74. The maximum atomic E-state index is 14.1. The highest BCUT2D eigenvalue weighted by Gasteiger charge is 2.73. The van der Waals surface area contributed by atoms with Gasteiger partial charge in [-0.1, -0.05) is 60.6 Å². The molecule has 2 bridgehead atoms. The molecule has 9 atom stereocenters. The lowest BCUT2D eigenvalue weighted by Gasteiger charge is -2.73. The number of hydrogen-bond acceptors (Lipinski definition) is 3. The number of carbonyl (C=O) groups is 1. The molecule has 3 nitrogen and oxygen atoms in total. The van der Waals surface area contributed by atoms with Gasteiger partial charge in [-0.25, -0.2) is 0 Å². The third-order valence-corrected chi connectivity index (χ3v) is 15.1. The molecule has 6 aliphatic rings. The molecule has 1 aliphatic heterocycles. The van der Waals surface area contributed by atoms with Crippen molar-refractivity contribution in [1.82, 2.24) is 0 Å². The number of rotatable bonds is 1. The van der Waals surface area contributed by atoms with Crippen LogP contribution in [0.3, 0.4) is 0 Å². The van der Waals surface area contributed by atoms with E-state index in [9.17, 15) is 10.1 Å². The van der Waals surface area contributed by atoms with Crippen LogP contribution in [0.25, 0.3) is 6.08 Å². The molecule has 41 heavy (non-hydrogen) atoms. The van der Waals surface area contributed by atoms with Crippen LogP contribution >= 0.6 is 0 Å². The van der Waals surface area contributed by atoms with Crippen molar-refractivity contribution in [1.29, 1.82) is 5.26 Å². The molecular formula is C38H51NO2. The van der Waals surface area contributed by atoms with Crippen molar-refractivity contribution in [3.05, 3.63) is 41.0 Å². The van der Waals surface area contributed by atoms with E-state index in [0.29, 0.717) is 46.0 Å². The molecule has 5 aliphatic carbocycles. The molecule has 0 radical (unpaired) electrons. The summed E-state index contributed by atoms with van der Waals surface area (Å²) in [6.45, 7) is 18.4. The Hall–Kier alpha value is -1.92. The highest BCUT2D eigenvalue weighted by Crippen LogP contribution is 2.78. The lowest BCUT2D eigenvalue weighted by molar-refractivity contribution is -0.236. The molecule has 0 N–H and O–H groups in total.